The topological polar surface area (TPSA) is 52.6 Å². The van der Waals surface area contributed by atoms with E-state index in [0.29, 0.717) is 19.6 Å². The van der Waals surface area contributed by atoms with E-state index in [9.17, 15) is 9.59 Å². The summed E-state index contributed by atoms with van der Waals surface area (Å²) in [5.74, 6) is 0.646. The molecule has 4 heteroatoms. The van der Waals surface area contributed by atoms with Crippen LogP contribution in [-0.2, 0) is 20.9 Å². The van der Waals surface area contributed by atoms with E-state index in [2.05, 4.69) is 37.3 Å². The number of carbonyl (C=O) groups excluding carboxylic acids is 2. The molecule has 0 heterocycles. The number of hydrogen-bond acceptors (Lipinski definition) is 4. The van der Waals surface area contributed by atoms with Gasteiger partial charge in [-0.15, -0.1) is 0 Å². The van der Waals surface area contributed by atoms with Crippen LogP contribution in [0.1, 0.15) is 64.4 Å². The lowest BCUT2D eigenvalue weighted by Gasteiger charge is -2.20. The number of hydrogen-bond donors (Lipinski definition) is 0. The highest BCUT2D eigenvalue weighted by molar-refractivity contribution is 5.95. The summed E-state index contributed by atoms with van der Waals surface area (Å²) in [7, 11) is 0. The average Bonchev–Trinajstić information content (AvgIpc) is 2.70. The Kier molecular flexibility index (Phi) is 9.98. The first-order valence-corrected chi connectivity index (χ1v) is 10.6. The predicted octanol–water partition coefficient (Wildman–Crippen LogP) is 6.12. The minimum absolute atomic E-state index is 0.00458. The predicted molar refractivity (Wildman–Crippen MR) is 116 cm³/mol. The molecule has 0 bridgehead atoms. The maximum Gasteiger partial charge on any atom is 0.313 e. The molecule has 0 aromatic heterocycles. The van der Waals surface area contributed by atoms with Gasteiger partial charge in [0.25, 0.3) is 0 Å². The lowest BCUT2D eigenvalue weighted by molar-refractivity contribution is -0.145. The van der Waals surface area contributed by atoms with Crippen LogP contribution in [0.4, 0.5) is 0 Å². The monoisotopic (exact) mass is 396 g/mol. The summed E-state index contributed by atoms with van der Waals surface area (Å²) < 4.78 is 10.3. The molecule has 0 fully saturated rings. The molecule has 0 unspecified atom stereocenters. The number of carbonyl (C=O) groups is 2. The third kappa shape index (κ3) is 8.10. The Morgan fingerprint density at radius 2 is 1.66 bits per heavy atom. The normalized spacial score (nSPS) is 10.6. The fourth-order valence-corrected chi connectivity index (χ4v) is 3.00. The first-order chi connectivity index (χ1) is 14.1. The Hall–Kier alpha value is -2.62. The number of fused-ring (bicyclic) bond motifs is 1. The highest BCUT2D eigenvalue weighted by Gasteiger charge is 2.17. The Labute approximate surface area is 174 Å². The van der Waals surface area contributed by atoms with Gasteiger partial charge in [-0.3, -0.25) is 9.59 Å². The first-order valence-electron chi connectivity index (χ1n) is 10.6. The van der Waals surface area contributed by atoms with E-state index >= 15 is 0 Å². The Morgan fingerprint density at radius 3 is 2.24 bits per heavy atom. The van der Waals surface area contributed by atoms with Crippen LogP contribution in [0.5, 0.6) is 5.75 Å². The van der Waals surface area contributed by atoms with E-state index in [0.717, 1.165) is 18.6 Å². The fourth-order valence-electron chi connectivity index (χ4n) is 3.00. The third-order valence-corrected chi connectivity index (χ3v) is 4.74. The SMILES string of the molecule is CCCCCCCC(=O)CC(=O)OCC.c1ccc(COc2cc3ccc2-3)cc1. The van der Waals surface area contributed by atoms with Gasteiger partial charge in [-0.2, -0.15) is 0 Å². The zero-order valence-corrected chi connectivity index (χ0v) is 17.6. The van der Waals surface area contributed by atoms with Crippen LogP contribution < -0.4 is 4.74 Å². The quantitative estimate of drug-likeness (QED) is 0.210. The molecule has 0 N–H and O–H groups in total. The van der Waals surface area contributed by atoms with Crippen LogP contribution in [-0.4, -0.2) is 18.4 Å². The van der Waals surface area contributed by atoms with E-state index in [-0.39, 0.29) is 12.2 Å². The van der Waals surface area contributed by atoms with Gasteiger partial charge in [0.2, 0.25) is 0 Å². The molecule has 156 valence electrons. The van der Waals surface area contributed by atoms with Crippen molar-refractivity contribution in [2.45, 2.75) is 65.4 Å². The number of ketones is 1. The van der Waals surface area contributed by atoms with E-state index in [1.807, 2.05) is 18.2 Å². The van der Waals surface area contributed by atoms with Crippen molar-refractivity contribution in [3.05, 3.63) is 54.1 Å². The van der Waals surface area contributed by atoms with Crippen LogP contribution in [0.2, 0.25) is 0 Å². The smallest absolute Gasteiger partial charge is 0.313 e. The van der Waals surface area contributed by atoms with Crippen molar-refractivity contribution in [1.82, 2.24) is 0 Å². The Balaban J connectivity index is 0.000000207. The summed E-state index contributed by atoms with van der Waals surface area (Å²) in [6.45, 7) is 4.92. The van der Waals surface area contributed by atoms with E-state index < -0.39 is 5.97 Å². The van der Waals surface area contributed by atoms with Crippen molar-refractivity contribution >= 4 is 11.8 Å². The fraction of sp³-hybridized carbons (Fsp3) is 0.440. The molecular weight excluding hydrogens is 364 g/mol. The van der Waals surface area contributed by atoms with E-state index in [1.165, 1.54) is 36.0 Å². The zero-order valence-electron chi connectivity index (χ0n) is 17.6. The maximum absolute atomic E-state index is 11.3. The van der Waals surface area contributed by atoms with Crippen molar-refractivity contribution in [1.29, 1.82) is 0 Å². The highest BCUT2D eigenvalue weighted by atomic mass is 16.5. The lowest BCUT2D eigenvalue weighted by Crippen LogP contribution is -2.10. The largest absolute Gasteiger partial charge is 0.488 e. The number of esters is 1. The molecule has 0 radical (unpaired) electrons. The summed E-state index contributed by atoms with van der Waals surface area (Å²) in [6.07, 6.45) is 6.07. The molecule has 0 saturated carbocycles. The summed E-state index contributed by atoms with van der Waals surface area (Å²) in [5.41, 5.74) is 3.82. The van der Waals surface area contributed by atoms with Gasteiger partial charge in [-0.05, 0) is 30.5 Å². The summed E-state index contributed by atoms with van der Waals surface area (Å²) in [6, 6.07) is 16.5. The van der Waals surface area contributed by atoms with Gasteiger partial charge in [0.05, 0.1) is 6.61 Å². The molecule has 0 spiro atoms. The number of benzene rings is 2. The molecule has 3 rings (SSSR count). The van der Waals surface area contributed by atoms with Crippen molar-refractivity contribution in [3.63, 3.8) is 0 Å². The zero-order chi connectivity index (χ0) is 20.9. The lowest BCUT2D eigenvalue weighted by atomic mass is 9.92. The number of rotatable bonds is 12. The van der Waals surface area contributed by atoms with E-state index in [1.54, 1.807) is 6.92 Å². The highest BCUT2D eigenvalue weighted by Crippen LogP contribution is 2.43. The molecule has 1 aromatic carbocycles. The van der Waals surface area contributed by atoms with Gasteiger partial charge in [0.1, 0.15) is 24.6 Å². The number of unbranched alkanes of at least 4 members (excludes halogenated alkanes) is 4. The molecule has 1 aromatic rings. The van der Waals surface area contributed by atoms with Crippen LogP contribution in [0.15, 0.2) is 48.5 Å². The average molecular weight is 397 g/mol. The van der Waals surface area contributed by atoms with Gasteiger partial charge in [-0.25, -0.2) is 0 Å². The molecule has 4 nitrogen and oxygen atoms in total. The number of ether oxygens (including phenoxy) is 2. The van der Waals surface area contributed by atoms with Crippen LogP contribution in [0, 0.1) is 0 Å². The molecule has 0 atom stereocenters. The second kappa shape index (κ2) is 12.8. The maximum atomic E-state index is 11.3. The van der Waals surface area contributed by atoms with Crippen molar-refractivity contribution in [2.24, 2.45) is 0 Å². The van der Waals surface area contributed by atoms with Gasteiger partial charge >= 0.3 is 5.97 Å². The standard InChI is InChI=1S/C13H10O.C12H22O3/c1-2-4-10(5-3-1)9-14-13-8-11-6-7-12(11)13;1-3-5-6-7-8-9-11(13)10-12(14)15-4-2/h1-8H,9H2;3-10H2,1-2H3. The Bertz CT molecular complexity index is 759. The first kappa shape index (κ1) is 22.7. The van der Waals surface area contributed by atoms with E-state index in [4.69, 9.17) is 9.47 Å². The van der Waals surface area contributed by atoms with Crippen LogP contribution in [0.25, 0.3) is 11.1 Å². The molecule has 29 heavy (non-hydrogen) atoms. The molecule has 0 amide bonds. The minimum Gasteiger partial charge on any atom is -0.488 e. The molecular formula is C25H32O4. The number of Topliss-reactive ketones (excluding diaryl/α,β-unsaturated/α-hetero) is 1. The second-order valence-electron chi connectivity index (χ2n) is 7.17. The van der Waals surface area contributed by atoms with Crippen molar-refractivity contribution in [3.8, 4) is 16.9 Å². The molecule has 0 aliphatic heterocycles. The molecule has 0 saturated heterocycles. The Morgan fingerprint density at radius 1 is 0.897 bits per heavy atom. The van der Waals surface area contributed by atoms with Crippen molar-refractivity contribution < 1.29 is 19.1 Å². The van der Waals surface area contributed by atoms with Gasteiger partial charge in [0.15, 0.2) is 0 Å². The van der Waals surface area contributed by atoms with Crippen molar-refractivity contribution in [2.75, 3.05) is 6.61 Å². The molecule has 2 aliphatic carbocycles. The summed E-state index contributed by atoms with van der Waals surface area (Å²) in [4.78, 5) is 22.2. The summed E-state index contributed by atoms with van der Waals surface area (Å²) >= 11 is 0. The summed E-state index contributed by atoms with van der Waals surface area (Å²) in [5, 5.41) is 0. The van der Waals surface area contributed by atoms with Gasteiger partial charge < -0.3 is 9.47 Å². The minimum atomic E-state index is -0.393. The van der Waals surface area contributed by atoms with Crippen LogP contribution >= 0.6 is 0 Å². The van der Waals surface area contributed by atoms with Crippen LogP contribution in [0.3, 0.4) is 0 Å². The second-order valence-corrected chi connectivity index (χ2v) is 7.17. The third-order valence-electron chi connectivity index (χ3n) is 4.74. The molecule has 2 aliphatic rings. The van der Waals surface area contributed by atoms with Gasteiger partial charge in [-0.1, -0.05) is 75.1 Å². The van der Waals surface area contributed by atoms with Gasteiger partial charge in [0, 0.05) is 12.0 Å².